The number of hydrogen-bond donors (Lipinski definition) is 3. The first kappa shape index (κ1) is 20.3. The van der Waals surface area contributed by atoms with E-state index in [2.05, 4.69) is 32.1 Å². The fraction of sp³-hybridized carbons (Fsp3) is 0.0952. The molecule has 1 heterocycles. The molecule has 0 spiro atoms. The van der Waals surface area contributed by atoms with Crippen molar-refractivity contribution >= 4 is 33.7 Å². The zero-order valence-electron chi connectivity index (χ0n) is 15.4. The van der Waals surface area contributed by atoms with Gasteiger partial charge in [-0.2, -0.15) is 0 Å². The second kappa shape index (κ2) is 9.70. The van der Waals surface area contributed by atoms with Gasteiger partial charge in [0.2, 0.25) is 5.91 Å². The van der Waals surface area contributed by atoms with Crippen LogP contribution in [0.5, 0.6) is 0 Å². The molecular formula is C21H19BrN4O3. The third kappa shape index (κ3) is 5.55. The van der Waals surface area contributed by atoms with Gasteiger partial charge >= 0.3 is 0 Å². The molecule has 0 unspecified atom stereocenters. The van der Waals surface area contributed by atoms with Gasteiger partial charge in [0, 0.05) is 35.4 Å². The van der Waals surface area contributed by atoms with E-state index in [0.29, 0.717) is 16.8 Å². The summed E-state index contributed by atoms with van der Waals surface area (Å²) in [6.07, 6.45) is 3.69. The standard InChI is InChI=1S/C21H19BrN4O3/c22-16-9-7-15(8-10-16)20(28)23-12-11-19(27)24-25-21(29)17-5-1-2-6-18(17)26-13-3-4-14-26/h1-10,13-14H,11-12H2,(H,23,28)(H,24,27)(H,25,29). The molecule has 148 valence electrons. The fourth-order valence-corrected chi connectivity index (χ4v) is 2.90. The Balaban J connectivity index is 1.47. The second-order valence-electron chi connectivity index (χ2n) is 6.12. The lowest BCUT2D eigenvalue weighted by molar-refractivity contribution is -0.121. The Hall–Kier alpha value is -3.39. The van der Waals surface area contributed by atoms with E-state index in [1.807, 2.05) is 41.2 Å². The van der Waals surface area contributed by atoms with E-state index < -0.39 is 11.8 Å². The minimum atomic E-state index is -0.429. The van der Waals surface area contributed by atoms with Gasteiger partial charge in [0.1, 0.15) is 0 Å². The van der Waals surface area contributed by atoms with Crippen LogP contribution < -0.4 is 16.2 Å². The van der Waals surface area contributed by atoms with Crippen molar-refractivity contribution in [3.63, 3.8) is 0 Å². The molecular weight excluding hydrogens is 436 g/mol. The van der Waals surface area contributed by atoms with Crippen LogP contribution in [-0.4, -0.2) is 28.8 Å². The Morgan fingerprint density at radius 3 is 2.24 bits per heavy atom. The van der Waals surface area contributed by atoms with Crippen molar-refractivity contribution in [3.05, 3.63) is 88.7 Å². The van der Waals surface area contributed by atoms with Crippen LogP contribution in [0.4, 0.5) is 0 Å². The SMILES string of the molecule is O=C(CCNC(=O)c1ccc(Br)cc1)NNC(=O)c1ccccc1-n1cccc1. The van der Waals surface area contributed by atoms with Crippen molar-refractivity contribution in [3.8, 4) is 5.69 Å². The maximum Gasteiger partial charge on any atom is 0.271 e. The van der Waals surface area contributed by atoms with Gasteiger partial charge in [-0.3, -0.25) is 25.2 Å². The highest BCUT2D eigenvalue weighted by Gasteiger charge is 2.13. The number of nitrogens with zero attached hydrogens (tertiary/aromatic N) is 1. The Kier molecular flexibility index (Phi) is 6.80. The average molecular weight is 455 g/mol. The molecule has 0 aliphatic heterocycles. The van der Waals surface area contributed by atoms with Gasteiger partial charge in [-0.25, -0.2) is 0 Å². The topological polar surface area (TPSA) is 92.2 Å². The minimum absolute atomic E-state index is 0.0296. The predicted molar refractivity (Wildman–Crippen MR) is 112 cm³/mol. The summed E-state index contributed by atoms with van der Waals surface area (Å²) in [7, 11) is 0. The summed E-state index contributed by atoms with van der Waals surface area (Å²) in [6, 6.07) is 17.7. The maximum atomic E-state index is 12.4. The molecule has 0 fully saturated rings. The van der Waals surface area contributed by atoms with E-state index in [-0.39, 0.29) is 18.9 Å². The lowest BCUT2D eigenvalue weighted by Crippen LogP contribution is -2.43. The van der Waals surface area contributed by atoms with Gasteiger partial charge in [-0.1, -0.05) is 28.1 Å². The van der Waals surface area contributed by atoms with E-state index in [0.717, 1.165) is 4.47 Å². The summed E-state index contributed by atoms with van der Waals surface area (Å²) in [5.74, 6) is -1.11. The average Bonchev–Trinajstić information content (AvgIpc) is 3.27. The van der Waals surface area contributed by atoms with Gasteiger partial charge in [0.05, 0.1) is 11.3 Å². The highest BCUT2D eigenvalue weighted by atomic mass is 79.9. The molecule has 0 aliphatic rings. The smallest absolute Gasteiger partial charge is 0.271 e. The molecule has 2 aromatic carbocycles. The van der Waals surface area contributed by atoms with Gasteiger partial charge in [-0.15, -0.1) is 0 Å². The number of aromatic nitrogens is 1. The van der Waals surface area contributed by atoms with Crippen LogP contribution >= 0.6 is 15.9 Å². The van der Waals surface area contributed by atoms with E-state index >= 15 is 0 Å². The number of nitrogens with one attached hydrogen (secondary N) is 3. The van der Waals surface area contributed by atoms with Gasteiger partial charge in [-0.05, 0) is 48.5 Å². The van der Waals surface area contributed by atoms with Crippen molar-refractivity contribution in [2.24, 2.45) is 0 Å². The van der Waals surface area contributed by atoms with Crippen molar-refractivity contribution in [2.45, 2.75) is 6.42 Å². The van der Waals surface area contributed by atoms with Crippen LogP contribution in [0.25, 0.3) is 5.69 Å². The molecule has 3 amide bonds. The Morgan fingerprint density at radius 2 is 1.52 bits per heavy atom. The third-order valence-electron chi connectivity index (χ3n) is 4.09. The number of benzene rings is 2. The summed E-state index contributed by atoms with van der Waals surface area (Å²) in [5, 5.41) is 2.67. The molecule has 8 heteroatoms. The summed E-state index contributed by atoms with van der Waals surface area (Å²) in [4.78, 5) is 36.4. The van der Waals surface area contributed by atoms with Crippen LogP contribution in [0.2, 0.25) is 0 Å². The number of amides is 3. The van der Waals surface area contributed by atoms with E-state index in [1.54, 1.807) is 36.4 Å². The molecule has 0 saturated carbocycles. The molecule has 0 bridgehead atoms. The van der Waals surface area contributed by atoms with Gasteiger partial charge in [0.15, 0.2) is 0 Å². The molecule has 1 aromatic heterocycles. The quantitative estimate of drug-likeness (QED) is 0.500. The van der Waals surface area contributed by atoms with Crippen LogP contribution in [0.15, 0.2) is 77.5 Å². The summed E-state index contributed by atoms with van der Waals surface area (Å²) in [5.41, 5.74) is 6.40. The number of para-hydroxylation sites is 1. The lowest BCUT2D eigenvalue weighted by atomic mass is 10.1. The van der Waals surface area contributed by atoms with Crippen molar-refractivity contribution < 1.29 is 14.4 Å². The normalized spacial score (nSPS) is 10.2. The monoisotopic (exact) mass is 454 g/mol. The molecule has 3 rings (SSSR count). The van der Waals surface area contributed by atoms with E-state index in [4.69, 9.17) is 0 Å². The fourth-order valence-electron chi connectivity index (χ4n) is 2.64. The minimum Gasteiger partial charge on any atom is -0.352 e. The second-order valence-corrected chi connectivity index (χ2v) is 7.04. The van der Waals surface area contributed by atoms with Gasteiger partial charge in [0.25, 0.3) is 11.8 Å². The van der Waals surface area contributed by atoms with Crippen molar-refractivity contribution in [1.29, 1.82) is 0 Å². The third-order valence-corrected chi connectivity index (χ3v) is 4.62. The molecule has 29 heavy (non-hydrogen) atoms. The number of hydrazine groups is 1. The van der Waals surface area contributed by atoms with Crippen molar-refractivity contribution in [2.75, 3.05) is 6.54 Å². The zero-order valence-corrected chi connectivity index (χ0v) is 17.0. The Morgan fingerprint density at radius 1 is 0.828 bits per heavy atom. The maximum absolute atomic E-state index is 12.4. The van der Waals surface area contributed by atoms with E-state index in [1.165, 1.54) is 0 Å². The van der Waals surface area contributed by atoms with Crippen LogP contribution in [0, 0.1) is 0 Å². The van der Waals surface area contributed by atoms with Gasteiger partial charge < -0.3 is 9.88 Å². The Labute approximate surface area is 176 Å². The molecule has 0 aliphatic carbocycles. The van der Waals surface area contributed by atoms with Crippen molar-refractivity contribution in [1.82, 2.24) is 20.7 Å². The predicted octanol–water partition coefficient (Wildman–Crippen LogP) is 2.82. The first-order valence-corrected chi connectivity index (χ1v) is 9.69. The first-order chi connectivity index (χ1) is 14.0. The van der Waals surface area contributed by atoms with Crippen LogP contribution in [-0.2, 0) is 4.79 Å². The highest BCUT2D eigenvalue weighted by Crippen LogP contribution is 2.14. The first-order valence-electron chi connectivity index (χ1n) is 8.90. The summed E-state index contributed by atoms with van der Waals surface area (Å²) in [6.45, 7) is 0.149. The number of rotatable bonds is 6. The van der Waals surface area contributed by atoms with E-state index in [9.17, 15) is 14.4 Å². The highest BCUT2D eigenvalue weighted by molar-refractivity contribution is 9.10. The summed E-state index contributed by atoms with van der Waals surface area (Å²) >= 11 is 3.31. The lowest BCUT2D eigenvalue weighted by Gasteiger charge is -2.12. The molecule has 7 nitrogen and oxygen atoms in total. The number of halogens is 1. The molecule has 0 saturated heterocycles. The molecule has 3 aromatic rings. The largest absolute Gasteiger partial charge is 0.352 e. The van der Waals surface area contributed by atoms with Crippen LogP contribution in [0.3, 0.4) is 0 Å². The Bertz CT molecular complexity index is 1000. The number of carbonyl (C=O) groups is 3. The molecule has 0 atom stereocenters. The van der Waals surface area contributed by atoms with Crippen LogP contribution in [0.1, 0.15) is 27.1 Å². The summed E-state index contributed by atoms with van der Waals surface area (Å²) < 4.78 is 2.69. The zero-order chi connectivity index (χ0) is 20.6. The number of carbonyl (C=O) groups excluding carboxylic acids is 3. The molecule has 3 N–H and O–H groups in total. The number of hydrogen-bond acceptors (Lipinski definition) is 3. The molecule has 0 radical (unpaired) electrons.